The number of aromatic amines is 1. The first-order valence-electron chi connectivity index (χ1n) is 7.99. The van der Waals surface area contributed by atoms with E-state index in [1.165, 1.54) is 0 Å². The van der Waals surface area contributed by atoms with Gasteiger partial charge in [-0.1, -0.05) is 44.9 Å². The summed E-state index contributed by atoms with van der Waals surface area (Å²) in [6, 6.07) is 7.75. The zero-order valence-electron chi connectivity index (χ0n) is 14.6. The van der Waals surface area contributed by atoms with E-state index >= 15 is 0 Å². The Morgan fingerprint density at radius 1 is 1.36 bits per heavy atom. The molecule has 6 heteroatoms. The Morgan fingerprint density at radius 3 is 2.64 bits per heavy atom. The minimum atomic E-state index is -1.09. The monoisotopic (exact) mass is 341 g/mol. The number of ether oxygens (including phenoxy) is 1. The van der Waals surface area contributed by atoms with Crippen LogP contribution >= 0.6 is 0 Å². The van der Waals surface area contributed by atoms with Gasteiger partial charge in [0.15, 0.2) is 6.10 Å². The third kappa shape index (κ3) is 4.13. The number of fused-ring (bicyclic) bond motifs is 1. The molecule has 1 heterocycles. The molecule has 0 saturated carbocycles. The highest BCUT2D eigenvalue weighted by Gasteiger charge is 2.41. The van der Waals surface area contributed by atoms with Crippen LogP contribution in [-0.2, 0) is 9.53 Å². The van der Waals surface area contributed by atoms with Crippen molar-refractivity contribution in [1.82, 2.24) is 10.3 Å². The van der Waals surface area contributed by atoms with Crippen LogP contribution in [0, 0.1) is 17.8 Å². The van der Waals surface area contributed by atoms with Gasteiger partial charge in [-0.05, 0) is 17.0 Å². The minimum Gasteiger partial charge on any atom is -0.436 e. The smallest absolute Gasteiger partial charge is 0.405 e. The molecular weight excluding hydrogens is 318 g/mol. The predicted molar refractivity (Wildman–Crippen MR) is 96.8 cm³/mol. The Balaban J connectivity index is 2.54. The largest absolute Gasteiger partial charge is 0.436 e. The van der Waals surface area contributed by atoms with Gasteiger partial charge in [0.25, 0.3) is 5.91 Å². The lowest BCUT2D eigenvalue weighted by Crippen LogP contribution is -2.46. The number of benzene rings is 1. The van der Waals surface area contributed by atoms with Gasteiger partial charge < -0.3 is 20.8 Å². The van der Waals surface area contributed by atoms with Gasteiger partial charge in [0.05, 0.1) is 6.54 Å². The van der Waals surface area contributed by atoms with Crippen molar-refractivity contribution >= 4 is 22.9 Å². The van der Waals surface area contributed by atoms with Crippen molar-refractivity contribution in [1.29, 1.82) is 0 Å². The van der Waals surface area contributed by atoms with Crippen LogP contribution in [0.1, 0.15) is 32.3 Å². The van der Waals surface area contributed by atoms with E-state index in [9.17, 15) is 9.59 Å². The molecule has 0 aliphatic rings. The maximum Gasteiger partial charge on any atom is 0.405 e. The fourth-order valence-electron chi connectivity index (χ4n) is 3.07. The van der Waals surface area contributed by atoms with Crippen LogP contribution in [0.15, 0.2) is 30.5 Å². The normalized spacial score (nSPS) is 13.7. The zero-order valence-corrected chi connectivity index (χ0v) is 14.6. The highest BCUT2D eigenvalue weighted by molar-refractivity contribution is 5.88. The Morgan fingerprint density at radius 2 is 2.04 bits per heavy atom. The molecule has 0 radical (unpaired) electrons. The molecule has 132 valence electrons. The number of H-pyrrole nitrogens is 1. The van der Waals surface area contributed by atoms with Crippen LogP contribution in [0.25, 0.3) is 10.9 Å². The van der Waals surface area contributed by atoms with Crippen molar-refractivity contribution in [3.63, 3.8) is 0 Å². The van der Waals surface area contributed by atoms with E-state index in [2.05, 4.69) is 16.2 Å². The molecule has 25 heavy (non-hydrogen) atoms. The SMILES string of the molecule is C#CCNC(=O)[C@H](OC(N)=O)C(c1c[nH]c2ccccc12)C(C)(C)C. The summed E-state index contributed by atoms with van der Waals surface area (Å²) in [6.45, 7) is 5.98. The number of hydrogen-bond donors (Lipinski definition) is 3. The molecule has 1 aromatic carbocycles. The average molecular weight is 341 g/mol. The van der Waals surface area contributed by atoms with Crippen molar-refractivity contribution in [2.24, 2.45) is 11.1 Å². The van der Waals surface area contributed by atoms with Gasteiger partial charge in [-0.25, -0.2) is 4.79 Å². The van der Waals surface area contributed by atoms with Gasteiger partial charge in [-0.15, -0.1) is 6.42 Å². The average Bonchev–Trinajstić information content (AvgIpc) is 2.94. The molecule has 1 aromatic heterocycles. The summed E-state index contributed by atoms with van der Waals surface area (Å²) in [5, 5.41) is 3.55. The molecule has 2 atom stereocenters. The summed E-state index contributed by atoms with van der Waals surface area (Å²) in [4.78, 5) is 27.2. The molecule has 0 aliphatic carbocycles. The van der Waals surface area contributed by atoms with Crippen molar-refractivity contribution in [2.75, 3.05) is 6.54 Å². The highest BCUT2D eigenvalue weighted by atomic mass is 16.6. The Hall–Kier alpha value is -2.94. The second kappa shape index (κ2) is 7.31. The molecule has 2 rings (SSSR count). The molecule has 0 spiro atoms. The summed E-state index contributed by atoms with van der Waals surface area (Å²) < 4.78 is 5.21. The van der Waals surface area contributed by atoms with Crippen LogP contribution in [0.3, 0.4) is 0 Å². The number of nitrogens with one attached hydrogen (secondary N) is 2. The van der Waals surface area contributed by atoms with Crippen LogP contribution in [0.2, 0.25) is 0 Å². The molecule has 0 saturated heterocycles. The Kier molecular flexibility index (Phi) is 5.38. The number of terminal acetylenes is 1. The van der Waals surface area contributed by atoms with Crippen LogP contribution in [0.5, 0.6) is 0 Å². The van der Waals surface area contributed by atoms with E-state index in [0.29, 0.717) is 0 Å². The summed E-state index contributed by atoms with van der Waals surface area (Å²) in [5.74, 6) is 1.45. The minimum absolute atomic E-state index is 0.0439. The maximum atomic E-state index is 12.6. The van der Waals surface area contributed by atoms with E-state index in [1.54, 1.807) is 0 Å². The molecular formula is C19H23N3O3. The van der Waals surface area contributed by atoms with Gasteiger partial charge in [-0.3, -0.25) is 4.79 Å². The number of nitrogens with two attached hydrogens (primary N) is 1. The van der Waals surface area contributed by atoms with E-state index in [-0.39, 0.29) is 6.54 Å². The molecule has 1 unspecified atom stereocenters. The second-order valence-corrected chi connectivity index (χ2v) is 6.91. The van der Waals surface area contributed by atoms with Crippen LogP contribution in [-0.4, -0.2) is 29.6 Å². The number of para-hydroxylation sites is 1. The summed E-state index contributed by atoms with van der Waals surface area (Å²) in [5.41, 5.74) is 6.65. The lowest BCUT2D eigenvalue weighted by atomic mass is 9.73. The first-order chi connectivity index (χ1) is 11.8. The standard InChI is InChI=1S/C19H23N3O3/c1-5-10-21-17(23)16(25-18(20)24)15(19(2,3)4)13-11-22-14-9-7-6-8-12(13)14/h1,6-9,11,15-16,22H,10H2,2-4H3,(H2,20,24)(H,21,23)/t15?,16-/m1/s1. The lowest BCUT2D eigenvalue weighted by Gasteiger charge is -2.35. The van der Waals surface area contributed by atoms with Gasteiger partial charge >= 0.3 is 6.09 Å². The molecule has 2 amide bonds. The van der Waals surface area contributed by atoms with Gasteiger partial charge in [0.2, 0.25) is 0 Å². The maximum absolute atomic E-state index is 12.6. The van der Waals surface area contributed by atoms with Gasteiger partial charge in [0.1, 0.15) is 0 Å². The number of amides is 2. The van der Waals surface area contributed by atoms with Gasteiger partial charge in [-0.2, -0.15) is 0 Å². The third-order valence-corrected chi connectivity index (χ3v) is 4.06. The Bertz CT molecular complexity index is 811. The van der Waals surface area contributed by atoms with E-state index in [1.807, 2.05) is 51.2 Å². The molecule has 6 nitrogen and oxygen atoms in total. The van der Waals surface area contributed by atoms with Gasteiger partial charge in [0, 0.05) is 23.0 Å². The van der Waals surface area contributed by atoms with Crippen molar-refractivity contribution in [3.8, 4) is 12.3 Å². The topological polar surface area (TPSA) is 97.2 Å². The van der Waals surface area contributed by atoms with E-state index < -0.39 is 29.4 Å². The molecule has 0 aliphatic heterocycles. The van der Waals surface area contributed by atoms with E-state index in [0.717, 1.165) is 16.5 Å². The number of aromatic nitrogens is 1. The first kappa shape index (κ1) is 18.4. The fraction of sp³-hybridized carbons (Fsp3) is 0.368. The molecule has 0 fully saturated rings. The third-order valence-electron chi connectivity index (χ3n) is 4.06. The second-order valence-electron chi connectivity index (χ2n) is 6.91. The lowest BCUT2D eigenvalue weighted by molar-refractivity contribution is -0.131. The van der Waals surface area contributed by atoms with E-state index in [4.69, 9.17) is 16.9 Å². The quantitative estimate of drug-likeness (QED) is 0.729. The van der Waals surface area contributed by atoms with Crippen LogP contribution < -0.4 is 11.1 Å². The van der Waals surface area contributed by atoms with Crippen LogP contribution in [0.4, 0.5) is 4.79 Å². The fourth-order valence-corrected chi connectivity index (χ4v) is 3.07. The highest BCUT2D eigenvalue weighted by Crippen LogP contribution is 2.42. The van der Waals surface area contributed by atoms with Crippen molar-refractivity contribution in [2.45, 2.75) is 32.8 Å². The summed E-state index contributed by atoms with van der Waals surface area (Å²) in [6.07, 6.45) is 4.95. The Labute approximate surface area is 147 Å². The number of carbonyl (C=O) groups excluding carboxylic acids is 2. The predicted octanol–water partition coefficient (Wildman–Crippen LogP) is 2.51. The number of rotatable bonds is 5. The summed E-state index contributed by atoms with van der Waals surface area (Å²) in [7, 11) is 0. The number of primary amides is 1. The van der Waals surface area contributed by atoms with Crippen molar-refractivity contribution < 1.29 is 14.3 Å². The molecule has 4 N–H and O–H groups in total. The number of carbonyl (C=O) groups is 2. The summed E-state index contributed by atoms with van der Waals surface area (Å²) >= 11 is 0. The molecule has 2 aromatic rings. The zero-order chi connectivity index (χ0) is 18.6. The number of hydrogen-bond acceptors (Lipinski definition) is 3. The molecule has 0 bridgehead atoms. The first-order valence-corrected chi connectivity index (χ1v) is 7.99. The van der Waals surface area contributed by atoms with Crippen molar-refractivity contribution in [3.05, 3.63) is 36.0 Å².